The Kier molecular flexibility index (Phi) is 2.84. The van der Waals surface area contributed by atoms with Gasteiger partial charge in [0, 0.05) is 20.0 Å². The average Bonchev–Trinajstić information content (AvgIpc) is 2.83. The summed E-state index contributed by atoms with van der Waals surface area (Å²) in [5.41, 5.74) is -2.61. The van der Waals surface area contributed by atoms with Crippen molar-refractivity contribution >= 4 is 5.91 Å². The van der Waals surface area contributed by atoms with E-state index in [4.69, 9.17) is 0 Å². The standard InChI is InChI=1S/C10H12F3N3O2/c1-15-6-14-4-7(15)8(17)16-3-2-9(18,5-16)10(11,12)13/h4,6,18H,2-3,5H2,1H3. The summed E-state index contributed by atoms with van der Waals surface area (Å²) in [4.78, 5) is 16.7. The van der Waals surface area contributed by atoms with Gasteiger partial charge in [-0.3, -0.25) is 4.79 Å². The van der Waals surface area contributed by atoms with Gasteiger partial charge in [0.1, 0.15) is 5.69 Å². The average molecular weight is 263 g/mol. The fourth-order valence-corrected chi connectivity index (χ4v) is 1.92. The third-order valence-corrected chi connectivity index (χ3v) is 3.10. The van der Waals surface area contributed by atoms with Crippen LogP contribution < -0.4 is 0 Å². The lowest BCUT2D eigenvalue weighted by atomic mass is 10.0. The number of imidazole rings is 1. The quantitative estimate of drug-likeness (QED) is 0.805. The smallest absolute Gasteiger partial charge is 0.379 e. The molecule has 0 saturated carbocycles. The predicted molar refractivity (Wildman–Crippen MR) is 54.7 cm³/mol. The summed E-state index contributed by atoms with van der Waals surface area (Å²) in [7, 11) is 1.58. The van der Waals surface area contributed by atoms with Crippen LogP contribution in [0, 0.1) is 0 Å². The van der Waals surface area contributed by atoms with E-state index in [9.17, 15) is 23.1 Å². The monoisotopic (exact) mass is 263 g/mol. The second kappa shape index (κ2) is 3.98. The molecule has 1 amide bonds. The summed E-state index contributed by atoms with van der Waals surface area (Å²) in [6.07, 6.45) is -2.55. The van der Waals surface area contributed by atoms with Crippen LogP contribution in [-0.2, 0) is 7.05 Å². The van der Waals surface area contributed by atoms with Gasteiger partial charge in [0.05, 0.1) is 19.1 Å². The lowest BCUT2D eigenvalue weighted by Crippen LogP contribution is -2.48. The summed E-state index contributed by atoms with van der Waals surface area (Å²) in [5.74, 6) is -0.560. The number of β-amino-alcohol motifs (C(OH)–C–C–N with tert-alkyl or cyclic N) is 1. The molecule has 100 valence electrons. The minimum atomic E-state index is -4.73. The Bertz CT molecular complexity index is 471. The Hall–Kier alpha value is -1.57. The Morgan fingerprint density at radius 3 is 2.67 bits per heavy atom. The molecular weight excluding hydrogens is 251 g/mol. The first kappa shape index (κ1) is 12.9. The Balaban J connectivity index is 2.15. The van der Waals surface area contributed by atoms with Crippen LogP contribution in [0.3, 0.4) is 0 Å². The number of hydrogen-bond donors (Lipinski definition) is 1. The van der Waals surface area contributed by atoms with E-state index in [1.807, 2.05) is 0 Å². The van der Waals surface area contributed by atoms with Gasteiger partial charge >= 0.3 is 6.18 Å². The number of likely N-dealkylation sites (tertiary alicyclic amines) is 1. The van der Waals surface area contributed by atoms with Crippen molar-refractivity contribution < 1.29 is 23.1 Å². The van der Waals surface area contributed by atoms with Crippen molar-refractivity contribution in [2.24, 2.45) is 7.05 Å². The molecule has 0 bridgehead atoms. The molecule has 1 saturated heterocycles. The zero-order valence-electron chi connectivity index (χ0n) is 9.61. The first-order valence-electron chi connectivity index (χ1n) is 5.29. The van der Waals surface area contributed by atoms with Gasteiger partial charge in [-0.05, 0) is 0 Å². The molecule has 2 heterocycles. The van der Waals surface area contributed by atoms with E-state index in [0.717, 1.165) is 4.90 Å². The minimum Gasteiger partial charge on any atom is -0.379 e. The van der Waals surface area contributed by atoms with E-state index in [1.165, 1.54) is 17.1 Å². The van der Waals surface area contributed by atoms with E-state index < -0.39 is 30.7 Å². The van der Waals surface area contributed by atoms with Crippen molar-refractivity contribution in [3.8, 4) is 0 Å². The fourth-order valence-electron chi connectivity index (χ4n) is 1.92. The van der Waals surface area contributed by atoms with Gasteiger partial charge in [-0.2, -0.15) is 13.2 Å². The molecule has 1 fully saturated rings. The molecule has 18 heavy (non-hydrogen) atoms. The van der Waals surface area contributed by atoms with Crippen molar-refractivity contribution in [3.63, 3.8) is 0 Å². The van der Waals surface area contributed by atoms with E-state index in [0.29, 0.717) is 0 Å². The van der Waals surface area contributed by atoms with Crippen LogP contribution in [0.15, 0.2) is 12.5 Å². The molecule has 1 unspecified atom stereocenters. The van der Waals surface area contributed by atoms with E-state index in [-0.39, 0.29) is 12.2 Å². The highest BCUT2D eigenvalue weighted by Gasteiger charge is 2.57. The summed E-state index contributed by atoms with van der Waals surface area (Å²) in [6.45, 7) is -0.861. The molecule has 5 nitrogen and oxygen atoms in total. The highest BCUT2D eigenvalue weighted by Crippen LogP contribution is 2.37. The van der Waals surface area contributed by atoms with Crippen LogP contribution >= 0.6 is 0 Å². The maximum atomic E-state index is 12.6. The van der Waals surface area contributed by atoms with Crippen molar-refractivity contribution in [1.29, 1.82) is 0 Å². The zero-order valence-corrected chi connectivity index (χ0v) is 9.61. The van der Waals surface area contributed by atoms with Crippen LogP contribution in [0.2, 0.25) is 0 Å². The number of hydrogen-bond acceptors (Lipinski definition) is 3. The van der Waals surface area contributed by atoms with Crippen molar-refractivity contribution in [2.75, 3.05) is 13.1 Å². The number of amides is 1. The number of aromatic nitrogens is 2. The lowest BCUT2D eigenvalue weighted by Gasteiger charge is -2.25. The number of aliphatic hydroxyl groups is 1. The highest BCUT2D eigenvalue weighted by molar-refractivity contribution is 5.92. The number of aryl methyl sites for hydroxylation is 1. The molecule has 1 aromatic heterocycles. The zero-order chi connectivity index (χ0) is 13.6. The largest absolute Gasteiger partial charge is 0.419 e. The van der Waals surface area contributed by atoms with Crippen LogP contribution in [0.4, 0.5) is 13.2 Å². The van der Waals surface area contributed by atoms with Gasteiger partial charge in [0.25, 0.3) is 5.91 Å². The molecule has 1 aliphatic heterocycles. The summed E-state index contributed by atoms with van der Waals surface area (Å²) < 4.78 is 39.2. The maximum Gasteiger partial charge on any atom is 0.419 e. The van der Waals surface area contributed by atoms with Crippen molar-refractivity contribution in [1.82, 2.24) is 14.5 Å². The maximum absolute atomic E-state index is 12.6. The van der Waals surface area contributed by atoms with Gasteiger partial charge in [0.2, 0.25) is 0 Å². The van der Waals surface area contributed by atoms with Crippen molar-refractivity contribution in [3.05, 3.63) is 18.2 Å². The second-order valence-corrected chi connectivity index (χ2v) is 4.40. The summed E-state index contributed by atoms with van der Waals surface area (Å²) >= 11 is 0. The van der Waals surface area contributed by atoms with Gasteiger partial charge in [-0.25, -0.2) is 4.98 Å². The summed E-state index contributed by atoms with van der Waals surface area (Å²) in [5, 5.41) is 9.47. The second-order valence-electron chi connectivity index (χ2n) is 4.40. The van der Waals surface area contributed by atoms with Crippen LogP contribution in [0.1, 0.15) is 16.9 Å². The molecule has 1 aliphatic rings. The molecule has 8 heteroatoms. The topological polar surface area (TPSA) is 58.4 Å². The molecule has 2 rings (SSSR count). The summed E-state index contributed by atoms with van der Waals surface area (Å²) in [6, 6.07) is 0. The molecule has 1 N–H and O–H groups in total. The predicted octanol–water partition coefficient (Wildman–Crippen LogP) is 0.559. The molecule has 1 atom stereocenters. The molecule has 0 radical (unpaired) electrons. The highest BCUT2D eigenvalue weighted by atomic mass is 19.4. The number of nitrogens with zero attached hydrogens (tertiary/aromatic N) is 3. The Morgan fingerprint density at radius 2 is 2.22 bits per heavy atom. The Morgan fingerprint density at radius 1 is 1.56 bits per heavy atom. The molecule has 0 spiro atoms. The van der Waals surface area contributed by atoms with Crippen LogP contribution in [0.5, 0.6) is 0 Å². The lowest BCUT2D eigenvalue weighted by molar-refractivity contribution is -0.253. The van der Waals surface area contributed by atoms with E-state index >= 15 is 0 Å². The number of alkyl halides is 3. The van der Waals surface area contributed by atoms with Gasteiger partial charge in [-0.1, -0.05) is 0 Å². The molecule has 0 aliphatic carbocycles. The van der Waals surface area contributed by atoms with Crippen molar-refractivity contribution in [2.45, 2.75) is 18.2 Å². The molecule has 1 aromatic rings. The van der Waals surface area contributed by atoms with Crippen LogP contribution in [-0.4, -0.2) is 50.3 Å². The number of carbonyl (C=O) groups excluding carboxylic acids is 1. The first-order chi connectivity index (χ1) is 8.24. The van der Waals surface area contributed by atoms with Crippen LogP contribution in [0.25, 0.3) is 0 Å². The van der Waals surface area contributed by atoms with Gasteiger partial charge < -0.3 is 14.6 Å². The number of halogens is 3. The fraction of sp³-hybridized carbons (Fsp3) is 0.600. The number of carbonyl (C=O) groups is 1. The first-order valence-corrected chi connectivity index (χ1v) is 5.29. The van der Waals surface area contributed by atoms with E-state index in [1.54, 1.807) is 7.05 Å². The molecule has 0 aromatic carbocycles. The molecular formula is C10H12F3N3O2. The SMILES string of the molecule is Cn1cncc1C(=O)N1CCC(O)(C(F)(F)F)C1. The number of rotatable bonds is 1. The van der Waals surface area contributed by atoms with Gasteiger partial charge in [-0.15, -0.1) is 0 Å². The third kappa shape index (κ3) is 1.96. The normalized spacial score (nSPS) is 24.6. The Labute approximate surface area is 101 Å². The van der Waals surface area contributed by atoms with Gasteiger partial charge in [0.15, 0.2) is 5.60 Å². The third-order valence-electron chi connectivity index (χ3n) is 3.10. The minimum absolute atomic E-state index is 0.125. The van der Waals surface area contributed by atoms with E-state index in [2.05, 4.69) is 4.98 Å².